The van der Waals surface area contributed by atoms with Gasteiger partial charge in [0, 0.05) is 31.9 Å². The Morgan fingerprint density at radius 1 is 1.14 bits per heavy atom. The van der Waals surface area contributed by atoms with Crippen molar-refractivity contribution in [2.24, 2.45) is 5.73 Å². The Bertz CT molecular complexity index is 489. The third-order valence-corrected chi connectivity index (χ3v) is 4.71. The Balaban J connectivity index is 2.01. The summed E-state index contributed by atoms with van der Waals surface area (Å²) in [5.41, 5.74) is 8.10. The van der Waals surface area contributed by atoms with Gasteiger partial charge in [0.2, 0.25) is 5.91 Å². The molecule has 0 saturated carbocycles. The van der Waals surface area contributed by atoms with Gasteiger partial charge in [0.15, 0.2) is 0 Å². The van der Waals surface area contributed by atoms with Crippen LogP contribution in [-0.2, 0) is 4.79 Å². The van der Waals surface area contributed by atoms with Gasteiger partial charge in [-0.2, -0.15) is 0 Å². The van der Waals surface area contributed by atoms with Crippen LogP contribution in [0.1, 0.15) is 32.3 Å². The summed E-state index contributed by atoms with van der Waals surface area (Å²) in [7, 11) is 0. The van der Waals surface area contributed by atoms with Crippen LogP contribution in [0.4, 0.5) is 5.69 Å². The Morgan fingerprint density at radius 2 is 1.71 bits per heavy atom. The minimum absolute atomic E-state index is 0.108. The van der Waals surface area contributed by atoms with Crippen LogP contribution in [0, 0.1) is 6.92 Å². The zero-order chi connectivity index (χ0) is 15.5. The molecule has 0 atom stereocenters. The SMILES string of the molecule is CCC(N)(CC)C(=O)N1CCN(c2ccccc2C)CC1. The van der Waals surface area contributed by atoms with Crippen molar-refractivity contribution >= 4 is 11.6 Å². The van der Waals surface area contributed by atoms with E-state index < -0.39 is 5.54 Å². The molecule has 1 amide bonds. The lowest BCUT2D eigenvalue weighted by atomic mass is 9.92. The summed E-state index contributed by atoms with van der Waals surface area (Å²) in [6.07, 6.45) is 1.39. The quantitative estimate of drug-likeness (QED) is 0.924. The Morgan fingerprint density at radius 3 is 2.24 bits per heavy atom. The van der Waals surface area contributed by atoms with Crippen molar-refractivity contribution < 1.29 is 4.79 Å². The topological polar surface area (TPSA) is 49.6 Å². The molecule has 0 unspecified atom stereocenters. The first-order valence-corrected chi connectivity index (χ1v) is 7.90. The predicted octanol–water partition coefficient (Wildman–Crippen LogP) is 2.16. The number of amides is 1. The molecule has 2 N–H and O–H groups in total. The van der Waals surface area contributed by atoms with Crippen LogP contribution in [-0.4, -0.2) is 42.5 Å². The number of nitrogens with two attached hydrogens (primary N) is 1. The molecule has 1 aliphatic rings. The maximum Gasteiger partial charge on any atom is 0.242 e. The van der Waals surface area contributed by atoms with E-state index >= 15 is 0 Å². The summed E-state index contributed by atoms with van der Waals surface area (Å²) >= 11 is 0. The Hall–Kier alpha value is -1.55. The van der Waals surface area contributed by atoms with E-state index in [1.807, 2.05) is 18.7 Å². The second-order valence-electron chi connectivity index (χ2n) is 5.93. The van der Waals surface area contributed by atoms with Crippen LogP contribution < -0.4 is 10.6 Å². The number of rotatable bonds is 4. The van der Waals surface area contributed by atoms with E-state index in [4.69, 9.17) is 5.73 Å². The van der Waals surface area contributed by atoms with Gasteiger partial charge in [-0.3, -0.25) is 4.79 Å². The average Bonchev–Trinajstić information content (AvgIpc) is 2.54. The minimum Gasteiger partial charge on any atom is -0.368 e. The van der Waals surface area contributed by atoms with Crippen LogP contribution in [0.25, 0.3) is 0 Å². The first kappa shape index (κ1) is 15.8. The molecule has 1 heterocycles. The number of aryl methyl sites for hydroxylation is 1. The van der Waals surface area contributed by atoms with Crippen molar-refractivity contribution in [2.75, 3.05) is 31.1 Å². The maximum absolute atomic E-state index is 12.6. The number of carbonyl (C=O) groups excluding carboxylic acids is 1. The maximum atomic E-state index is 12.6. The molecule has 1 fully saturated rings. The van der Waals surface area contributed by atoms with Gasteiger partial charge in [-0.15, -0.1) is 0 Å². The molecule has 0 aliphatic carbocycles. The molecule has 4 heteroatoms. The summed E-state index contributed by atoms with van der Waals surface area (Å²) in [6.45, 7) is 9.38. The fourth-order valence-corrected chi connectivity index (χ4v) is 2.94. The molecular formula is C17H27N3O. The van der Waals surface area contributed by atoms with Crippen molar-refractivity contribution in [3.05, 3.63) is 29.8 Å². The van der Waals surface area contributed by atoms with Crippen LogP contribution in [0.5, 0.6) is 0 Å². The van der Waals surface area contributed by atoms with Crippen molar-refractivity contribution in [3.8, 4) is 0 Å². The highest BCUT2D eigenvalue weighted by Gasteiger charge is 2.35. The molecule has 0 spiro atoms. The zero-order valence-electron chi connectivity index (χ0n) is 13.4. The minimum atomic E-state index is -0.690. The smallest absolute Gasteiger partial charge is 0.242 e. The third kappa shape index (κ3) is 3.21. The number of benzene rings is 1. The number of para-hydroxylation sites is 1. The van der Waals surface area contributed by atoms with Gasteiger partial charge in [0.25, 0.3) is 0 Å². The monoisotopic (exact) mass is 289 g/mol. The molecule has 4 nitrogen and oxygen atoms in total. The summed E-state index contributed by atoms with van der Waals surface area (Å²) < 4.78 is 0. The van der Waals surface area contributed by atoms with Crippen LogP contribution >= 0.6 is 0 Å². The lowest BCUT2D eigenvalue weighted by molar-refractivity contribution is -0.137. The van der Waals surface area contributed by atoms with E-state index in [1.54, 1.807) is 0 Å². The molecule has 1 aliphatic heterocycles. The molecule has 0 aromatic heterocycles. The molecular weight excluding hydrogens is 262 g/mol. The molecule has 0 radical (unpaired) electrons. The molecule has 1 aromatic rings. The largest absolute Gasteiger partial charge is 0.368 e. The highest BCUT2D eigenvalue weighted by atomic mass is 16.2. The molecule has 2 rings (SSSR count). The highest BCUT2D eigenvalue weighted by molar-refractivity contribution is 5.86. The third-order valence-electron chi connectivity index (χ3n) is 4.71. The molecule has 0 bridgehead atoms. The highest BCUT2D eigenvalue weighted by Crippen LogP contribution is 2.22. The van der Waals surface area contributed by atoms with Gasteiger partial charge in [-0.1, -0.05) is 32.0 Å². The average molecular weight is 289 g/mol. The summed E-state index contributed by atoms with van der Waals surface area (Å²) in [6, 6.07) is 8.41. The van der Waals surface area contributed by atoms with Gasteiger partial charge < -0.3 is 15.5 Å². The number of piperazine rings is 1. The van der Waals surface area contributed by atoms with E-state index in [-0.39, 0.29) is 5.91 Å². The number of carbonyl (C=O) groups is 1. The van der Waals surface area contributed by atoms with Crippen LogP contribution in [0.2, 0.25) is 0 Å². The van der Waals surface area contributed by atoms with Gasteiger partial charge in [-0.25, -0.2) is 0 Å². The Labute approximate surface area is 127 Å². The van der Waals surface area contributed by atoms with E-state index in [9.17, 15) is 4.79 Å². The number of anilines is 1. The number of hydrogen-bond acceptors (Lipinski definition) is 3. The second kappa shape index (κ2) is 6.48. The van der Waals surface area contributed by atoms with Gasteiger partial charge >= 0.3 is 0 Å². The summed E-state index contributed by atoms with van der Waals surface area (Å²) in [5.74, 6) is 0.108. The van der Waals surface area contributed by atoms with E-state index in [1.165, 1.54) is 11.3 Å². The fraction of sp³-hybridized carbons (Fsp3) is 0.588. The summed E-state index contributed by atoms with van der Waals surface area (Å²) in [5, 5.41) is 0. The normalized spacial score (nSPS) is 16.2. The standard InChI is InChI=1S/C17H27N3O/c1-4-17(18,5-2)16(21)20-12-10-19(11-13-20)15-9-7-6-8-14(15)3/h6-9H,4-5,10-13,18H2,1-3H3. The first-order valence-electron chi connectivity index (χ1n) is 7.90. The zero-order valence-corrected chi connectivity index (χ0v) is 13.4. The van der Waals surface area contributed by atoms with Gasteiger partial charge in [0.05, 0.1) is 5.54 Å². The predicted molar refractivity (Wildman–Crippen MR) is 87.5 cm³/mol. The van der Waals surface area contributed by atoms with Crippen molar-refractivity contribution in [3.63, 3.8) is 0 Å². The number of nitrogens with zero attached hydrogens (tertiary/aromatic N) is 2. The number of hydrogen-bond donors (Lipinski definition) is 1. The van der Waals surface area contributed by atoms with E-state index in [2.05, 4.69) is 36.1 Å². The second-order valence-corrected chi connectivity index (χ2v) is 5.93. The van der Waals surface area contributed by atoms with Crippen LogP contribution in [0.15, 0.2) is 24.3 Å². The van der Waals surface area contributed by atoms with Crippen molar-refractivity contribution in [1.29, 1.82) is 0 Å². The summed E-state index contributed by atoms with van der Waals surface area (Å²) in [4.78, 5) is 16.9. The molecule has 1 aromatic carbocycles. The molecule has 1 saturated heterocycles. The molecule has 21 heavy (non-hydrogen) atoms. The van der Waals surface area contributed by atoms with Gasteiger partial charge in [0.1, 0.15) is 0 Å². The lowest BCUT2D eigenvalue weighted by Gasteiger charge is -2.40. The lowest BCUT2D eigenvalue weighted by Crippen LogP contribution is -2.59. The Kier molecular flexibility index (Phi) is 4.88. The van der Waals surface area contributed by atoms with E-state index in [0.717, 1.165) is 26.2 Å². The van der Waals surface area contributed by atoms with Gasteiger partial charge in [-0.05, 0) is 31.4 Å². The fourth-order valence-electron chi connectivity index (χ4n) is 2.94. The first-order chi connectivity index (χ1) is 10.0. The van der Waals surface area contributed by atoms with Crippen LogP contribution in [0.3, 0.4) is 0 Å². The molecule has 116 valence electrons. The van der Waals surface area contributed by atoms with Crippen molar-refractivity contribution in [1.82, 2.24) is 4.90 Å². The van der Waals surface area contributed by atoms with E-state index in [0.29, 0.717) is 12.8 Å². The van der Waals surface area contributed by atoms with Crippen molar-refractivity contribution in [2.45, 2.75) is 39.2 Å².